The SMILES string of the molecule is C=Cc1ccc(-c2ccc(C3CCC(C)CC3)cc2)c(F)c1F.C=O. The molecule has 2 aromatic rings. The van der Waals surface area contributed by atoms with E-state index in [0.717, 1.165) is 5.92 Å². The molecule has 1 aliphatic carbocycles. The van der Waals surface area contributed by atoms with Gasteiger partial charge in [-0.1, -0.05) is 68.8 Å². The highest BCUT2D eigenvalue weighted by atomic mass is 19.2. The molecule has 25 heavy (non-hydrogen) atoms. The van der Waals surface area contributed by atoms with Gasteiger partial charge in [-0.25, -0.2) is 8.78 Å². The second kappa shape index (κ2) is 8.70. The van der Waals surface area contributed by atoms with Crippen LogP contribution in [0.25, 0.3) is 17.2 Å². The lowest BCUT2D eigenvalue weighted by Gasteiger charge is -2.26. The van der Waals surface area contributed by atoms with Crippen molar-refractivity contribution < 1.29 is 13.6 Å². The Bertz CT molecular complexity index is 714. The Morgan fingerprint density at radius 2 is 1.52 bits per heavy atom. The van der Waals surface area contributed by atoms with Crippen LogP contribution in [0.3, 0.4) is 0 Å². The fourth-order valence-corrected chi connectivity index (χ4v) is 3.47. The molecule has 0 spiro atoms. The van der Waals surface area contributed by atoms with Crippen LogP contribution in [0.15, 0.2) is 43.0 Å². The first kappa shape index (κ1) is 19.0. The molecule has 0 aliphatic heterocycles. The molecule has 2 aromatic carbocycles. The number of hydrogen-bond acceptors (Lipinski definition) is 1. The monoisotopic (exact) mass is 342 g/mol. The highest BCUT2D eigenvalue weighted by Crippen LogP contribution is 2.36. The first-order valence-electron chi connectivity index (χ1n) is 8.59. The van der Waals surface area contributed by atoms with Gasteiger partial charge >= 0.3 is 0 Å². The summed E-state index contributed by atoms with van der Waals surface area (Å²) >= 11 is 0. The smallest absolute Gasteiger partial charge is 0.167 e. The molecule has 0 heterocycles. The van der Waals surface area contributed by atoms with Crippen LogP contribution in [-0.4, -0.2) is 6.79 Å². The number of hydrogen-bond donors (Lipinski definition) is 0. The molecule has 0 bridgehead atoms. The molecule has 1 nitrogen and oxygen atoms in total. The molecule has 0 N–H and O–H groups in total. The van der Waals surface area contributed by atoms with Crippen LogP contribution in [0.1, 0.15) is 49.7 Å². The van der Waals surface area contributed by atoms with Crippen molar-refractivity contribution in [1.29, 1.82) is 0 Å². The minimum atomic E-state index is -0.831. The maximum atomic E-state index is 14.2. The summed E-state index contributed by atoms with van der Waals surface area (Å²) in [5, 5.41) is 0. The van der Waals surface area contributed by atoms with Crippen LogP contribution in [0.4, 0.5) is 8.78 Å². The first-order valence-corrected chi connectivity index (χ1v) is 8.59. The lowest BCUT2D eigenvalue weighted by Crippen LogP contribution is -2.10. The van der Waals surface area contributed by atoms with E-state index < -0.39 is 11.6 Å². The van der Waals surface area contributed by atoms with Crippen molar-refractivity contribution in [3.05, 3.63) is 65.7 Å². The third-order valence-electron chi connectivity index (χ3n) is 5.04. The average Bonchev–Trinajstić information content (AvgIpc) is 2.66. The second-order valence-corrected chi connectivity index (χ2v) is 6.61. The average molecular weight is 342 g/mol. The van der Waals surface area contributed by atoms with Gasteiger partial charge < -0.3 is 4.79 Å². The molecule has 0 unspecified atom stereocenters. The topological polar surface area (TPSA) is 17.1 Å². The Hall–Kier alpha value is -2.29. The lowest BCUT2D eigenvalue weighted by atomic mass is 9.79. The van der Waals surface area contributed by atoms with E-state index in [-0.39, 0.29) is 5.56 Å². The summed E-state index contributed by atoms with van der Waals surface area (Å²) in [5.74, 6) is -0.208. The fraction of sp³-hybridized carbons (Fsp3) is 0.318. The van der Waals surface area contributed by atoms with E-state index in [2.05, 4.69) is 25.6 Å². The lowest BCUT2D eigenvalue weighted by molar-refractivity contribution is -0.0979. The van der Waals surface area contributed by atoms with Gasteiger partial charge in [-0.3, -0.25) is 0 Å². The minimum absolute atomic E-state index is 0.194. The summed E-state index contributed by atoms with van der Waals surface area (Å²) in [7, 11) is 0. The third kappa shape index (κ3) is 4.22. The van der Waals surface area contributed by atoms with Crippen molar-refractivity contribution in [3.8, 4) is 11.1 Å². The van der Waals surface area contributed by atoms with Gasteiger partial charge in [0.15, 0.2) is 11.6 Å². The van der Waals surface area contributed by atoms with E-state index in [9.17, 15) is 8.78 Å². The van der Waals surface area contributed by atoms with Crippen LogP contribution in [-0.2, 0) is 4.79 Å². The predicted octanol–water partition coefficient (Wildman–Crippen LogP) is 6.38. The molecule has 0 saturated heterocycles. The van der Waals surface area contributed by atoms with E-state index in [1.807, 2.05) is 18.9 Å². The number of carbonyl (C=O) groups is 1. The summed E-state index contributed by atoms with van der Waals surface area (Å²) in [6.45, 7) is 7.81. The Labute approximate surface area is 148 Å². The summed E-state index contributed by atoms with van der Waals surface area (Å²) in [6.07, 6.45) is 6.31. The molecule has 1 aliphatic rings. The highest BCUT2D eigenvalue weighted by Gasteiger charge is 2.20. The van der Waals surface area contributed by atoms with Crippen LogP contribution in [0.2, 0.25) is 0 Å². The molecule has 1 fully saturated rings. The van der Waals surface area contributed by atoms with Crippen molar-refractivity contribution in [1.82, 2.24) is 0 Å². The fourth-order valence-electron chi connectivity index (χ4n) is 3.47. The van der Waals surface area contributed by atoms with E-state index in [4.69, 9.17) is 4.79 Å². The Morgan fingerprint density at radius 1 is 0.920 bits per heavy atom. The molecule has 0 radical (unpaired) electrons. The van der Waals surface area contributed by atoms with Gasteiger partial charge in [0, 0.05) is 11.1 Å². The molecule has 0 atom stereocenters. The van der Waals surface area contributed by atoms with Crippen molar-refractivity contribution in [2.24, 2.45) is 5.92 Å². The largest absolute Gasteiger partial charge is 0.307 e. The van der Waals surface area contributed by atoms with Gasteiger partial charge in [0.2, 0.25) is 0 Å². The zero-order valence-electron chi connectivity index (χ0n) is 14.6. The molecule has 132 valence electrons. The first-order chi connectivity index (χ1) is 12.1. The number of halogens is 2. The normalized spacial score (nSPS) is 19.6. The molecular formula is C22H24F2O. The van der Waals surface area contributed by atoms with Gasteiger partial charge in [0.1, 0.15) is 6.79 Å². The van der Waals surface area contributed by atoms with Crippen LogP contribution >= 0.6 is 0 Å². The van der Waals surface area contributed by atoms with Gasteiger partial charge in [0.25, 0.3) is 0 Å². The van der Waals surface area contributed by atoms with Crippen LogP contribution in [0.5, 0.6) is 0 Å². The summed E-state index contributed by atoms with van der Waals surface area (Å²) in [5.41, 5.74) is 2.52. The van der Waals surface area contributed by atoms with Crippen molar-refractivity contribution in [2.75, 3.05) is 0 Å². The third-order valence-corrected chi connectivity index (χ3v) is 5.04. The van der Waals surface area contributed by atoms with Gasteiger partial charge in [-0.05, 0) is 35.8 Å². The van der Waals surface area contributed by atoms with Crippen LogP contribution < -0.4 is 0 Å². The van der Waals surface area contributed by atoms with E-state index in [1.165, 1.54) is 37.3 Å². The van der Waals surface area contributed by atoms with Crippen molar-refractivity contribution in [3.63, 3.8) is 0 Å². The Balaban J connectivity index is 0.00000109. The molecular weight excluding hydrogens is 318 g/mol. The molecule has 3 heteroatoms. The zero-order chi connectivity index (χ0) is 18.4. The highest BCUT2D eigenvalue weighted by molar-refractivity contribution is 5.67. The number of carbonyl (C=O) groups excluding carboxylic acids is 1. The zero-order valence-corrected chi connectivity index (χ0v) is 14.6. The van der Waals surface area contributed by atoms with E-state index >= 15 is 0 Å². The molecule has 3 rings (SSSR count). The minimum Gasteiger partial charge on any atom is -0.307 e. The van der Waals surface area contributed by atoms with E-state index in [1.54, 1.807) is 12.1 Å². The van der Waals surface area contributed by atoms with Crippen molar-refractivity contribution in [2.45, 2.75) is 38.5 Å². The summed E-state index contributed by atoms with van der Waals surface area (Å²) in [4.78, 5) is 8.00. The van der Waals surface area contributed by atoms with Gasteiger partial charge in [-0.2, -0.15) is 0 Å². The number of benzene rings is 2. The standard InChI is InChI=1S/C21H22F2.CH2O/c1-3-15-12-13-19(21(23)20(15)22)18-10-8-17(9-11-18)16-6-4-14(2)5-7-16;1-2/h3,8-14,16H,1,4-7H2,2H3;1H2. The van der Waals surface area contributed by atoms with E-state index in [0.29, 0.717) is 17.0 Å². The second-order valence-electron chi connectivity index (χ2n) is 6.61. The summed E-state index contributed by atoms with van der Waals surface area (Å²) < 4.78 is 28.1. The maximum absolute atomic E-state index is 14.2. The maximum Gasteiger partial charge on any atom is 0.167 e. The Kier molecular flexibility index (Phi) is 6.63. The quantitative estimate of drug-likeness (QED) is 0.632. The summed E-state index contributed by atoms with van der Waals surface area (Å²) in [6, 6.07) is 11.1. The van der Waals surface area contributed by atoms with Gasteiger partial charge in [-0.15, -0.1) is 0 Å². The van der Waals surface area contributed by atoms with Crippen LogP contribution in [0, 0.1) is 17.6 Å². The molecule has 0 amide bonds. The molecule has 0 aromatic heterocycles. The Morgan fingerprint density at radius 3 is 2.08 bits per heavy atom. The van der Waals surface area contributed by atoms with Crippen molar-refractivity contribution >= 4 is 12.9 Å². The predicted molar refractivity (Wildman–Crippen MR) is 99.4 cm³/mol. The number of rotatable bonds is 3. The molecule has 1 saturated carbocycles. The van der Waals surface area contributed by atoms with Gasteiger partial charge in [0.05, 0.1) is 0 Å².